The van der Waals surface area contributed by atoms with Crippen molar-refractivity contribution in [2.45, 2.75) is 25.8 Å². The van der Waals surface area contributed by atoms with E-state index in [9.17, 15) is 5.11 Å². The summed E-state index contributed by atoms with van der Waals surface area (Å²) in [5, 5.41) is 14.0. The zero-order valence-corrected chi connectivity index (χ0v) is 13.0. The third kappa shape index (κ3) is 4.05. The molecule has 112 valence electrons. The van der Waals surface area contributed by atoms with Gasteiger partial charge in [-0.05, 0) is 36.2 Å². The van der Waals surface area contributed by atoms with Crippen LogP contribution in [0.15, 0.2) is 42.5 Å². The van der Waals surface area contributed by atoms with Crippen LogP contribution in [0.1, 0.15) is 31.4 Å². The Hall–Kier alpha value is -1.87. The molecule has 2 aromatic carbocycles. The molecule has 2 aromatic rings. The summed E-state index contributed by atoms with van der Waals surface area (Å²) in [4.78, 5) is 0. The fraction of sp³-hybridized carbons (Fsp3) is 0.294. The first kappa shape index (κ1) is 15.5. The highest BCUT2D eigenvalue weighted by molar-refractivity contribution is 6.30. The van der Waals surface area contributed by atoms with Gasteiger partial charge < -0.3 is 15.2 Å². The van der Waals surface area contributed by atoms with E-state index in [0.29, 0.717) is 5.75 Å². The number of phenols is 1. The van der Waals surface area contributed by atoms with Crippen LogP contribution in [0.5, 0.6) is 11.5 Å². The number of hydrogen-bond acceptors (Lipinski definition) is 3. The second-order valence-electron chi connectivity index (χ2n) is 4.92. The minimum Gasteiger partial charge on any atom is -0.504 e. The minimum atomic E-state index is 0.133. The molecule has 0 aliphatic rings. The van der Waals surface area contributed by atoms with Gasteiger partial charge in [-0.3, -0.25) is 0 Å². The Bertz CT molecular complexity index is 584. The van der Waals surface area contributed by atoms with Crippen molar-refractivity contribution in [1.82, 2.24) is 0 Å². The molecule has 0 aliphatic carbocycles. The Morgan fingerprint density at radius 2 is 1.90 bits per heavy atom. The minimum absolute atomic E-state index is 0.133. The van der Waals surface area contributed by atoms with E-state index in [1.807, 2.05) is 30.3 Å². The molecule has 1 atom stereocenters. The Labute approximate surface area is 130 Å². The number of methoxy groups -OCH3 is 1. The van der Waals surface area contributed by atoms with Crippen LogP contribution in [0.25, 0.3) is 0 Å². The Morgan fingerprint density at radius 3 is 2.48 bits per heavy atom. The van der Waals surface area contributed by atoms with Crippen LogP contribution in [-0.2, 0) is 0 Å². The summed E-state index contributed by atoms with van der Waals surface area (Å²) in [6.07, 6.45) is 2.05. The zero-order chi connectivity index (χ0) is 15.2. The standard InChI is InChI=1S/C17H20ClNO2/c1-3-4-15(12-5-7-13(18)8-6-12)19-14-9-10-17(21-2)16(20)11-14/h5-11,15,19-20H,3-4H2,1-2H3. The summed E-state index contributed by atoms with van der Waals surface area (Å²) < 4.78 is 5.06. The van der Waals surface area contributed by atoms with E-state index in [1.54, 1.807) is 12.1 Å². The molecule has 0 saturated heterocycles. The van der Waals surface area contributed by atoms with Crippen LogP contribution >= 0.6 is 11.6 Å². The topological polar surface area (TPSA) is 41.5 Å². The van der Waals surface area contributed by atoms with Gasteiger partial charge in [-0.2, -0.15) is 0 Å². The molecule has 0 aromatic heterocycles. The number of phenolic OH excluding ortho intramolecular Hbond substituents is 1. The van der Waals surface area contributed by atoms with Crippen molar-refractivity contribution in [3.63, 3.8) is 0 Å². The molecular formula is C17H20ClNO2. The number of anilines is 1. The van der Waals surface area contributed by atoms with Crippen molar-refractivity contribution in [3.8, 4) is 11.5 Å². The Kier molecular flexibility index (Phi) is 5.34. The van der Waals surface area contributed by atoms with Crippen LogP contribution in [0, 0.1) is 0 Å². The van der Waals surface area contributed by atoms with E-state index >= 15 is 0 Å². The van der Waals surface area contributed by atoms with Gasteiger partial charge in [0.1, 0.15) is 0 Å². The highest BCUT2D eigenvalue weighted by Gasteiger charge is 2.11. The second-order valence-corrected chi connectivity index (χ2v) is 5.36. The molecule has 0 heterocycles. The van der Waals surface area contributed by atoms with E-state index in [2.05, 4.69) is 12.2 Å². The van der Waals surface area contributed by atoms with Crippen molar-refractivity contribution in [2.24, 2.45) is 0 Å². The number of nitrogens with one attached hydrogen (secondary N) is 1. The fourth-order valence-corrected chi connectivity index (χ4v) is 2.41. The van der Waals surface area contributed by atoms with Crippen LogP contribution in [0.2, 0.25) is 5.02 Å². The molecule has 2 rings (SSSR count). The number of benzene rings is 2. The van der Waals surface area contributed by atoms with E-state index in [-0.39, 0.29) is 11.8 Å². The normalized spacial score (nSPS) is 12.0. The van der Waals surface area contributed by atoms with Gasteiger partial charge in [0.05, 0.1) is 13.2 Å². The first-order valence-electron chi connectivity index (χ1n) is 7.03. The van der Waals surface area contributed by atoms with Gasteiger partial charge in [-0.1, -0.05) is 37.1 Å². The van der Waals surface area contributed by atoms with E-state index in [4.69, 9.17) is 16.3 Å². The Morgan fingerprint density at radius 1 is 1.19 bits per heavy atom. The highest BCUT2D eigenvalue weighted by Crippen LogP contribution is 2.31. The molecule has 0 aliphatic heterocycles. The van der Waals surface area contributed by atoms with Crippen LogP contribution < -0.4 is 10.1 Å². The summed E-state index contributed by atoms with van der Waals surface area (Å²) in [5.74, 6) is 0.605. The van der Waals surface area contributed by atoms with Crippen molar-refractivity contribution >= 4 is 17.3 Å². The molecule has 3 nitrogen and oxygen atoms in total. The molecule has 0 radical (unpaired) electrons. The van der Waals surface area contributed by atoms with Gasteiger partial charge >= 0.3 is 0 Å². The van der Waals surface area contributed by atoms with Crippen molar-refractivity contribution in [3.05, 3.63) is 53.1 Å². The van der Waals surface area contributed by atoms with Gasteiger partial charge in [0.15, 0.2) is 11.5 Å². The summed E-state index contributed by atoms with van der Waals surface area (Å²) >= 11 is 5.94. The average molecular weight is 306 g/mol. The van der Waals surface area contributed by atoms with Crippen molar-refractivity contribution in [1.29, 1.82) is 0 Å². The first-order chi connectivity index (χ1) is 10.1. The monoisotopic (exact) mass is 305 g/mol. The van der Waals surface area contributed by atoms with Crippen molar-refractivity contribution < 1.29 is 9.84 Å². The van der Waals surface area contributed by atoms with Crippen LogP contribution in [-0.4, -0.2) is 12.2 Å². The predicted octanol–water partition coefficient (Wildman–Crippen LogP) is 5.01. The highest BCUT2D eigenvalue weighted by atomic mass is 35.5. The van der Waals surface area contributed by atoms with E-state index in [1.165, 1.54) is 12.7 Å². The molecule has 0 spiro atoms. The average Bonchev–Trinajstić information content (AvgIpc) is 2.48. The first-order valence-corrected chi connectivity index (χ1v) is 7.41. The summed E-state index contributed by atoms with van der Waals surface area (Å²) in [7, 11) is 1.54. The number of hydrogen-bond donors (Lipinski definition) is 2. The van der Waals surface area contributed by atoms with Gasteiger partial charge in [-0.15, -0.1) is 0 Å². The number of aromatic hydroxyl groups is 1. The lowest BCUT2D eigenvalue weighted by atomic mass is 10.0. The largest absolute Gasteiger partial charge is 0.504 e. The molecule has 1 unspecified atom stereocenters. The maximum absolute atomic E-state index is 9.86. The summed E-state index contributed by atoms with van der Waals surface area (Å²) in [6.45, 7) is 2.15. The van der Waals surface area contributed by atoms with Crippen LogP contribution in [0.4, 0.5) is 5.69 Å². The predicted molar refractivity (Wildman–Crippen MR) is 87.4 cm³/mol. The molecule has 2 N–H and O–H groups in total. The van der Waals surface area contributed by atoms with E-state index in [0.717, 1.165) is 23.6 Å². The van der Waals surface area contributed by atoms with Crippen molar-refractivity contribution in [2.75, 3.05) is 12.4 Å². The van der Waals surface area contributed by atoms with Gasteiger partial charge in [-0.25, -0.2) is 0 Å². The van der Waals surface area contributed by atoms with Gasteiger partial charge in [0, 0.05) is 16.8 Å². The molecule has 0 fully saturated rings. The number of halogens is 1. The maximum atomic E-state index is 9.86. The lowest BCUT2D eigenvalue weighted by Gasteiger charge is -2.20. The lowest BCUT2D eigenvalue weighted by Crippen LogP contribution is -2.10. The molecule has 0 bridgehead atoms. The molecular weight excluding hydrogens is 286 g/mol. The smallest absolute Gasteiger partial charge is 0.160 e. The molecule has 4 heteroatoms. The summed E-state index contributed by atoms with van der Waals surface area (Å²) in [6, 6.07) is 13.4. The fourth-order valence-electron chi connectivity index (χ4n) is 2.29. The molecule has 21 heavy (non-hydrogen) atoms. The van der Waals surface area contributed by atoms with Gasteiger partial charge in [0.25, 0.3) is 0 Å². The quantitative estimate of drug-likeness (QED) is 0.788. The third-order valence-corrected chi connectivity index (χ3v) is 3.62. The summed E-state index contributed by atoms with van der Waals surface area (Å²) in [5.41, 5.74) is 2.04. The third-order valence-electron chi connectivity index (χ3n) is 3.37. The van der Waals surface area contributed by atoms with Gasteiger partial charge in [0.2, 0.25) is 0 Å². The Balaban J connectivity index is 2.19. The molecule has 0 amide bonds. The number of rotatable bonds is 6. The number of ether oxygens (including phenoxy) is 1. The lowest BCUT2D eigenvalue weighted by molar-refractivity contribution is 0.373. The maximum Gasteiger partial charge on any atom is 0.160 e. The van der Waals surface area contributed by atoms with E-state index < -0.39 is 0 Å². The zero-order valence-electron chi connectivity index (χ0n) is 12.3. The van der Waals surface area contributed by atoms with Crippen LogP contribution in [0.3, 0.4) is 0 Å². The molecule has 0 saturated carbocycles. The SMILES string of the molecule is CCCC(Nc1ccc(OC)c(O)c1)c1ccc(Cl)cc1. The second kappa shape index (κ2) is 7.23.